The van der Waals surface area contributed by atoms with Crippen LogP contribution in [0, 0.1) is 0 Å². The van der Waals surface area contributed by atoms with Gasteiger partial charge in [0.1, 0.15) is 9.23 Å². The number of thiocarbonyl (C=S) groups is 1. The first kappa shape index (κ1) is 16.9. The largest absolute Gasteiger partial charge is 0.437 e. The third-order valence-corrected chi connectivity index (χ3v) is 5.71. The van der Waals surface area contributed by atoms with Crippen molar-refractivity contribution < 1.29 is 9.53 Å². The molecule has 2 aromatic rings. The van der Waals surface area contributed by atoms with Crippen LogP contribution < -0.4 is 9.64 Å². The van der Waals surface area contributed by atoms with Gasteiger partial charge in [-0.3, -0.25) is 9.69 Å². The van der Waals surface area contributed by atoms with Gasteiger partial charge in [0, 0.05) is 13.6 Å². The molecule has 4 rings (SSSR count). The van der Waals surface area contributed by atoms with Crippen LogP contribution in [-0.2, 0) is 4.79 Å². The van der Waals surface area contributed by atoms with Crippen LogP contribution in [0.15, 0.2) is 72.0 Å². The van der Waals surface area contributed by atoms with Crippen LogP contribution >= 0.6 is 24.0 Å². The van der Waals surface area contributed by atoms with Crippen LogP contribution in [-0.4, -0.2) is 28.7 Å². The summed E-state index contributed by atoms with van der Waals surface area (Å²) < 4.78 is 6.51. The van der Waals surface area contributed by atoms with Gasteiger partial charge < -0.3 is 9.64 Å². The summed E-state index contributed by atoms with van der Waals surface area (Å²) in [7, 11) is 1.90. The highest BCUT2D eigenvalue weighted by Crippen LogP contribution is 2.44. The van der Waals surface area contributed by atoms with Gasteiger partial charge in [0.15, 0.2) is 5.75 Å². The molecule has 0 radical (unpaired) electrons. The Labute approximate surface area is 161 Å². The van der Waals surface area contributed by atoms with Gasteiger partial charge in [-0.15, -0.1) is 6.58 Å². The van der Waals surface area contributed by atoms with Gasteiger partial charge in [0.05, 0.1) is 5.69 Å². The Morgan fingerprint density at radius 1 is 1.19 bits per heavy atom. The average Bonchev–Trinajstić information content (AvgIpc) is 3.13. The van der Waals surface area contributed by atoms with Crippen molar-refractivity contribution in [2.45, 2.75) is 0 Å². The Morgan fingerprint density at radius 3 is 2.69 bits per heavy atom. The van der Waals surface area contributed by atoms with Crippen molar-refractivity contribution in [1.82, 2.24) is 4.90 Å². The maximum absolute atomic E-state index is 12.7. The topological polar surface area (TPSA) is 32.8 Å². The third kappa shape index (κ3) is 2.71. The van der Waals surface area contributed by atoms with Crippen molar-refractivity contribution in [2.24, 2.45) is 0 Å². The number of ether oxygens (including phenoxy) is 1. The summed E-state index contributed by atoms with van der Waals surface area (Å²) >= 11 is 6.58. The Morgan fingerprint density at radius 2 is 1.96 bits per heavy atom. The summed E-state index contributed by atoms with van der Waals surface area (Å²) in [6.07, 6.45) is 1.67. The molecule has 0 saturated carbocycles. The van der Waals surface area contributed by atoms with Gasteiger partial charge in [-0.25, -0.2) is 0 Å². The maximum atomic E-state index is 12.7. The minimum atomic E-state index is -0.141. The number of fused-ring (bicyclic) bond motifs is 1. The van der Waals surface area contributed by atoms with E-state index < -0.39 is 0 Å². The molecule has 0 atom stereocenters. The average molecular weight is 380 g/mol. The predicted octanol–water partition coefficient (Wildman–Crippen LogP) is 4.40. The zero-order chi connectivity index (χ0) is 18.3. The summed E-state index contributed by atoms with van der Waals surface area (Å²) in [5, 5.41) is 0. The zero-order valence-corrected chi connectivity index (χ0v) is 15.8. The molecule has 1 saturated heterocycles. The fourth-order valence-corrected chi connectivity index (χ4v) is 4.28. The first-order valence-electron chi connectivity index (χ1n) is 8.10. The van der Waals surface area contributed by atoms with E-state index >= 15 is 0 Å². The highest BCUT2D eigenvalue weighted by molar-refractivity contribution is 8.26. The molecular formula is C20H16N2O2S2. The summed E-state index contributed by atoms with van der Waals surface area (Å²) in [4.78, 5) is 16.6. The molecule has 0 aliphatic carbocycles. The number of amides is 1. The lowest BCUT2D eigenvalue weighted by Gasteiger charge is -2.14. The normalized spacial score (nSPS) is 19.0. The number of nitrogens with zero attached hydrogens (tertiary/aromatic N) is 2. The van der Waals surface area contributed by atoms with Crippen molar-refractivity contribution >= 4 is 39.9 Å². The van der Waals surface area contributed by atoms with Crippen molar-refractivity contribution in [1.29, 1.82) is 0 Å². The van der Waals surface area contributed by atoms with E-state index in [0.717, 1.165) is 22.6 Å². The van der Waals surface area contributed by atoms with Crippen LogP contribution in [0.25, 0.3) is 11.1 Å². The van der Waals surface area contributed by atoms with Crippen molar-refractivity contribution in [3.63, 3.8) is 0 Å². The van der Waals surface area contributed by atoms with Gasteiger partial charge in [0.25, 0.3) is 5.91 Å². The molecule has 2 aliphatic rings. The molecule has 0 bridgehead atoms. The summed E-state index contributed by atoms with van der Waals surface area (Å²) in [6, 6.07) is 16.2. The van der Waals surface area contributed by atoms with Gasteiger partial charge in [0.2, 0.25) is 5.88 Å². The molecule has 2 aliphatic heterocycles. The van der Waals surface area contributed by atoms with Gasteiger partial charge in [-0.2, -0.15) is 0 Å². The van der Waals surface area contributed by atoms with Crippen molar-refractivity contribution in [3.8, 4) is 16.9 Å². The van der Waals surface area contributed by atoms with E-state index in [2.05, 4.69) is 24.8 Å². The summed E-state index contributed by atoms with van der Waals surface area (Å²) in [5.41, 5.74) is 3.16. The maximum Gasteiger partial charge on any atom is 0.271 e. The van der Waals surface area contributed by atoms with E-state index in [1.54, 1.807) is 6.08 Å². The Bertz CT molecular complexity index is 954. The number of thioether (sulfide) groups is 1. The second-order valence-corrected chi connectivity index (χ2v) is 7.56. The molecule has 130 valence electrons. The highest BCUT2D eigenvalue weighted by Gasteiger charge is 2.38. The van der Waals surface area contributed by atoms with Gasteiger partial charge >= 0.3 is 0 Å². The third-order valence-electron chi connectivity index (χ3n) is 4.29. The number of benzene rings is 2. The highest BCUT2D eigenvalue weighted by atomic mass is 32.2. The number of carbonyl (C=O) groups excluding carboxylic acids is 1. The SMILES string of the molecule is C=CCN1C(=O)/C(=C2/Oc3ccc(-c4ccccc4)cc3N2C)SC1=S. The Kier molecular flexibility index (Phi) is 4.30. The molecule has 1 fully saturated rings. The standard InChI is InChI=1S/C20H16N2O2S2/c1-3-11-22-18(23)17(26-20(22)25)19-21(2)15-12-14(9-10-16(15)24-19)13-7-5-4-6-8-13/h3-10,12H,1,11H2,2H3/b19-17-. The lowest BCUT2D eigenvalue weighted by molar-refractivity contribution is -0.122. The van der Waals surface area contributed by atoms with Gasteiger partial charge in [-0.05, 0) is 35.0 Å². The quantitative estimate of drug-likeness (QED) is 0.448. The van der Waals surface area contributed by atoms with E-state index in [1.165, 1.54) is 16.7 Å². The molecule has 4 nitrogen and oxygen atoms in total. The van der Waals surface area contributed by atoms with E-state index in [1.807, 2.05) is 42.3 Å². The lowest BCUT2D eigenvalue weighted by atomic mass is 10.0. The van der Waals surface area contributed by atoms with Crippen LogP contribution in [0.4, 0.5) is 5.69 Å². The smallest absolute Gasteiger partial charge is 0.271 e. The number of anilines is 1. The molecule has 1 amide bonds. The number of rotatable bonds is 3. The minimum Gasteiger partial charge on any atom is -0.437 e. The van der Waals surface area contributed by atoms with E-state index in [-0.39, 0.29) is 5.91 Å². The van der Waals surface area contributed by atoms with Crippen LogP contribution in [0.5, 0.6) is 5.75 Å². The summed E-state index contributed by atoms with van der Waals surface area (Å²) in [6.45, 7) is 4.08. The number of carbonyl (C=O) groups is 1. The molecule has 2 aromatic carbocycles. The molecule has 0 aromatic heterocycles. The summed E-state index contributed by atoms with van der Waals surface area (Å²) in [5.74, 6) is 1.11. The van der Waals surface area contributed by atoms with Crippen LogP contribution in [0.3, 0.4) is 0 Å². The zero-order valence-electron chi connectivity index (χ0n) is 14.1. The second-order valence-electron chi connectivity index (χ2n) is 5.92. The van der Waals surface area contributed by atoms with Gasteiger partial charge in [-0.1, -0.05) is 54.7 Å². The molecule has 0 N–H and O–H groups in total. The molecule has 0 unspecified atom stereocenters. The first-order chi connectivity index (χ1) is 12.6. The van der Waals surface area contributed by atoms with Crippen LogP contribution in [0.1, 0.15) is 0 Å². The fourth-order valence-electron chi connectivity index (χ4n) is 2.97. The predicted molar refractivity (Wildman–Crippen MR) is 110 cm³/mol. The first-order valence-corrected chi connectivity index (χ1v) is 9.32. The lowest BCUT2D eigenvalue weighted by Crippen LogP contribution is -2.29. The molecule has 6 heteroatoms. The van der Waals surface area contributed by atoms with E-state index in [4.69, 9.17) is 17.0 Å². The number of hydrogen-bond donors (Lipinski definition) is 0. The molecule has 2 heterocycles. The Hall–Kier alpha value is -2.57. The molecular weight excluding hydrogens is 364 g/mol. The second kappa shape index (κ2) is 6.63. The van der Waals surface area contributed by atoms with Crippen molar-refractivity contribution in [2.75, 3.05) is 18.5 Å². The number of hydrogen-bond acceptors (Lipinski definition) is 5. The molecule has 0 spiro atoms. The molecule has 26 heavy (non-hydrogen) atoms. The van der Waals surface area contributed by atoms with Crippen LogP contribution in [0.2, 0.25) is 0 Å². The monoisotopic (exact) mass is 380 g/mol. The Balaban J connectivity index is 1.71. The van der Waals surface area contributed by atoms with Crippen molar-refractivity contribution in [3.05, 3.63) is 72.0 Å². The van der Waals surface area contributed by atoms with E-state index in [9.17, 15) is 4.79 Å². The fraction of sp³-hybridized carbons (Fsp3) is 0.100. The van der Waals surface area contributed by atoms with E-state index in [0.29, 0.717) is 21.7 Å². The minimum absolute atomic E-state index is 0.141.